The van der Waals surface area contributed by atoms with Crippen LogP contribution in [0.15, 0.2) is 90.0 Å². The van der Waals surface area contributed by atoms with E-state index in [0.717, 1.165) is 0 Å². The van der Waals surface area contributed by atoms with Crippen molar-refractivity contribution in [2.75, 3.05) is 7.05 Å². The van der Waals surface area contributed by atoms with Crippen molar-refractivity contribution in [1.82, 2.24) is 14.9 Å². The van der Waals surface area contributed by atoms with Crippen LogP contribution in [0.2, 0.25) is 0 Å². The average molecular weight is 406 g/mol. The summed E-state index contributed by atoms with van der Waals surface area (Å²) in [5, 5.41) is 12.1. The van der Waals surface area contributed by atoms with Gasteiger partial charge in [0.05, 0.1) is 17.3 Å². The SMILES string of the molecule is CNC(=O)c1cccc(-n2cc(-c3ccccn3)cc(-c3ccccc3C#N)c2=O)c1. The van der Waals surface area contributed by atoms with Crippen LogP contribution in [0.1, 0.15) is 15.9 Å². The quantitative estimate of drug-likeness (QED) is 0.558. The maximum atomic E-state index is 13.5. The molecule has 0 saturated heterocycles. The van der Waals surface area contributed by atoms with Crippen LogP contribution in [0.4, 0.5) is 0 Å². The minimum atomic E-state index is -0.295. The zero-order chi connectivity index (χ0) is 21.8. The molecule has 4 rings (SSSR count). The highest BCUT2D eigenvalue weighted by molar-refractivity contribution is 5.94. The number of nitrogens with zero attached hydrogens (tertiary/aromatic N) is 3. The molecule has 1 N–H and O–H groups in total. The van der Waals surface area contributed by atoms with E-state index < -0.39 is 0 Å². The number of rotatable bonds is 4. The van der Waals surface area contributed by atoms with E-state index >= 15 is 0 Å². The molecule has 0 radical (unpaired) electrons. The Morgan fingerprint density at radius 1 is 1.00 bits per heavy atom. The number of carbonyl (C=O) groups is 1. The van der Waals surface area contributed by atoms with E-state index in [9.17, 15) is 14.9 Å². The second-order valence-corrected chi connectivity index (χ2v) is 6.82. The minimum absolute atomic E-state index is 0.245. The third-order valence-electron chi connectivity index (χ3n) is 4.93. The van der Waals surface area contributed by atoms with Crippen LogP contribution in [0, 0.1) is 11.3 Å². The van der Waals surface area contributed by atoms with Crippen LogP contribution in [-0.4, -0.2) is 22.5 Å². The molecule has 150 valence electrons. The molecule has 4 aromatic rings. The van der Waals surface area contributed by atoms with Crippen molar-refractivity contribution in [2.24, 2.45) is 0 Å². The number of nitriles is 1. The normalized spacial score (nSPS) is 10.3. The summed E-state index contributed by atoms with van der Waals surface area (Å²) in [4.78, 5) is 30.0. The third kappa shape index (κ3) is 3.85. The van der Waals surface area contributed by atoms with Gasteiger partial charge >= 0.3 is 0 Å². The fraction of sp³-hybridized carbons (Fsp3) is 0.0400. The largest absolute Gasteiger partial charge is 0.355 e. The van der Waals surface area contributed by atoms with Gasteiger partial charge in [0.25, 0.3) is 11.5 Å². The first-order chi connectivity index (χ1) is 15.1. The van der Waals surface area contributed by atoms with Gasteiger partial charge in [0, 0.05) is 47.4 Å². The standard InChI is InChI=1S/C25H18N4O2/c1-27-24(30)17-8-6-9-20(13-17)29-16-19(23-11-4-5-12-28-23)14-22(25(29)31)21-10-3-2-7-18(21)15-26/h2-14,16H,1H3,(H,27,30). The van der Waals surface area contributed by atoms with Crippen LogP contribution in [0.25, 0.3) is 28.1 Å². The van der Waals surface area contributed by atoms with Gasteiger partial charge in [0.1, 0.15) is 0 Å². The highest BCUT2D eigenvalue weighted by Crippen LogP contribution is 2.26. The van der Waals surface area contributed by atoms with E-state index in [1.54, 1.807) is 74.0 Å². The van der Waals surface area contributed by atoms with Gasteiger partial charge in [-0.3, -0.25) is 19.1 Å². The summed E-state index contributed by atoms with van der Waals surface area (Å²) in [6.45, 7) is 0. The second kappa shape index (κ2) is 8.47. The second-order valence-electron chi connectivity index (χ2n) is 6.82. The topological polar surface area (TPSA) is 87.8 Å². The fourth-order valence-electron chi connectivity index (χ4n) is 3.40. The Kier molecular flexibility index (Phi) is 5.41. The number of aromatic nitrogens is 2. The average Bonchev–Trinajstić information content (AvgIpc) is 2.84. The number of nitrogens with one attached hydrogen (secondary N) is 1. The van der Waals surface area contributed by atoms with Gasteiger partial charge in [0.15, 0.2) is 0 Å². The first-order valence-corrected chi connectivity index (χ1v) is 9.62. The Morgan fingerprint density at radius 2 is 1.81 bits per heavy atom. The van der Waals surface area contributed by atoms with Crippen LogP contribution < -0.4 is 10.9 Å². The molecule has 0 fully saturated rings. The maximum absolute atomic E-state index is 13.5. The zero-order valence-electron chi connectivity index (χ0n) is 16.7. The van der Waals surface area contributed by atoms with Crippen molar-refractivity contribution in [3.8, 4) is 34.1 Å². The summed E-state index contributed by atoms with van der Waals surface area (Å²) in [6.07, 6.45) is 3.38. The number of pyridine rings is 2. The summed E-state index contributed by atoms with van der Waals surface area (Å²) in [5.41, 5.74) is 3.42. The molecule has 31 heavy (non-hydrogen) atoms. The third-order valence-corrected chi connectivity index (χ3v) is 4.93. The molecule has 2 aromatic heterocycles. The lowest BCUT2D eigenvalue weighted by Gasteiger charge is -2.13. The van der Waals surface area contributed by atoms with Crippen molar-refractivity contribution >= 4 is 5.91 Å². The van der Waals surface area contributed by atoms with Gasteiger partial charge in [-0.25, -0.2) is 0 Å². The lowest BCUT2D eigenvalue weighted by Crippen LogP contribution is -2.22. The lowest BCUT2D eigenvalue weighted by atomic mass is 9.99. The Balaban J connectivity index is 2.01. The van der Waals surface area contributed by atoms with Crippen molar-refractivity contribution in [3.05, 3.63) is 107 Å². The smallest absolute Gasteiger partial charge is 0.263 e. The van der Waals surface area contributed by atoms with Gasteiger partial charge in [0.2, 0.25) is 0 Å². The molecule has 0 bridgehead atoms. The van der Waals surface area contributed by atoms with Gasteiger partial charge in [-0.2, -0.15) is 5.26 Å². The van der Waals surface area contributed by atoms with Crippen LogP contribution in [0.3, 0.4) is 0 Å². The van der Waals surface area contributed by atoms with Crippen LogP contribution in [-0.2, 0) is 0 Å². The first kappa shape index (κ1) is 19.8. The molecular weight excluding hydrogens is 388 g/mol. The lowest BCUT2D eigenvalue weighted by molar-refractivity contribution is 0.0963. The number of amides is 1. The van der Waals surface area contributed by atoms with Gasteiger partial charge in [-0.15, -0.1) is 0 Å². The molecule has 0 saturated carbocycles. The molecule has 0 unspecified atom stereocenters. The predicted octanol–water partition coefficient (Wildman–Crippen LogP) is 3.80. The molecule has 1 amide bonds. The van der Waals surface area contributed by atoms with Crippen LogP contribution >= 0.6 is 0 Å². The Hall–Kier alpha value is -4.50. The van der Waals surface area contributed by atoms with Crippen molar-refractivity contribution in [2.45, 2.75) is 0 Å². The predicted molar refractivity (Wildman–Crippen MR) is 119 cm³/mol. The van der Waals surface area contributed by atoms with E-state index in [2.05, 4.69) is 16.4 Å². The molecular formula is C25H18N4O2. The highest BCUT2D eigenvalue weighted by atomic mass is 16.1. The van der Waals surface area contributed by atoms with E-state index in [4.69, 9.17) is 0 Å². The summed E-state index contributed by atoms with van der Waals surface area (Å²) in [7, 11) is 1.56. The van der Waals surface area contributed by atoms with Gasteiger partial charge in [-0.1, -0.05) is 30.3 Å². The number of hydrogen-bond donors (Lipinski definition) is 1. The van der Waals surface area contributed by atoms with Crippen molar-refractivity contribution < 1.29 is 4.79 Å². The molecule has 2 heterocycles. The summed E-state index contributed by atoms with van der Waals surface area (Å²) in [5.74, 6) is -0.245. The fourth-order valence-corrected chi connectivity index (χ4v) is 3.40. The Morgan fingerprint density at radius 3 is 2.55 bits per heavy atom. The number of hydrogen-bond acceptors (Lipinski definition) is 4. The van der Waals surface area contributed by atoms with Crippen molar-refractivity contribution in [1.29, 1.82) is 5.26 Å². The Bertz CT molecular complexity index is 1370. The number of benzene rings is 2. The van der Waals surface area contributed by atoms with Crippen LogP contribution in [0.5, 0.6) is 0 Å². The van der Waals surface area contributed by atoms with Gasteiger partial charge < -0.3 is 5.32 Å². The monoisotopic (exact) mass is 406 g/mol. The van der Waals surface area contributed by atoms with E-state index in [0.29, 0.717) is 39.2 Å². The molecule has 0 aliphatic rings. The first-order valence-electron chi connectivity index (χ1n) is 9.62. The molecule has 0 aliphatic heterocycles. The zero-order valence-corrected chi connectivity index (χ0v) is 16.7. The summed E-state index contributed by atoms with van der Waals surface area (Å²) in [6, 6.07) is 23.2. The van der Waals surface area contributed by atoms with E-state index in [1.807, 2.05) is 18.2 Å². The van der Waals surface area contributed by atoms with E-state index in [-0.39, 0.29) is 11.5 Å². The molecule has 6 nitrogen and oxygen atoms in total. The molecule has 0 spiro atoms. The molecule has 0 atom stereocenters. The van der Waals surface area contributed by atoms with Gasteiger partial charge in [-0.05, 0) is 42.5 Å². The molecule has 6 heteroatoms. The number of carbonyl (C=O) groups excluding carboxylic acids is 1. The molecule has 0 aliphatic carbocycles. The highest BCUT2D eigenvalue weighted by Gasteiger charge is 2.15. The maximum Gasteiger partial charge on any atom is 0.263 e. The van der Waals surface area contributed by atoms with E-state index in [1.165, 1.54) is 4.57 Å². The van der Waals surface area contributed by atoms with Crippen molar-refractivity contribution in [3.63, 3.8) is 0 Å². The summed E-state index contributed by atoms with van der Waals surface area (Å²) >= 11 is 0. The summed E-state index contributed by atoms with van der Waals surface area (Å²) < 4.78 is 1.49. The Labute approximate surface area is 179 Å². The molecule has 2 aromatic carbocycles. The minimum Gasteiger partial charge on any atom is -0.355 e.